The van der Waals surface area contributed by atoms with Crippen LogP contribution in [0.4, 0.5) is 4.79 Å². The number of carbonyl (C=O) groups is 3. The maximum absolute atomic E-state index is 12.7. The van der Waals surface area contributed by atoms with Gasteiger partial charge in [-0.3, -0.25) is 15.0 Å². The van der Waals surface area contributed by atoms with Crippen molar-refractivity contribution in [2.24, 2.45) is 0 Å². The molecule has 1 aliphatic heterocycles. The van der Waals surface area contributed by atoms with Gasteiger partial charge in [0, 0.05) is 6.08 Å². The Bertz CT molecular complexity index is 975. The summed E-state index contributed by atoms with van der Waals surface area (Å²) in [6.07, 6.45) is 4.04. The van der Waals surface area contributed by atoms with Crippen LogP contribution < -0.4 is 25.0 Å². The number of amides is 4. The largest absolute Gasteiger partial charge is 0.493 e. The molecule has 1 aliphatic rings. The molecule has 0 aliphatic carbocycles. The van der Waals surface area contributed by atoms with Crippen LogP contribution in [-0.4, -0.2) is 44.2 Å². The number of hydrogen-bond donors (Lipinski definition) is 2. The number of rotatable bonds is 7. The van der Waals surface area contributed by atoms with Crippen molar-refractivity contribution >= 4 is 23.9 Å². The fraction of sp³-hybridized carbons (Fsp3) is 0.250. The predicted octanol–water partition coefficient (Wildman–Crippen LogP) is 1.82. The number of methoxy groups -OCH3 is 3. The molecule has 2 N–H and O–H groups in total. The van der Waals surface area contributed by atoms with Crippen molar-refractivity contribution in [3.05, 3.63) is 47.9 Å². The van der Waals surface area contributed by atoms with Gasteiger partial charge in [0.15, 0.2) is 17.0 Å². The summed E-state index contributed by atoms with van der Waals surface area (Å²) in [5.74, 6) is 0.150. The molecule has 158 valence electrons. The van der Waals surface area contributed by atoms with Crippen molar-refractivity contribution < 1.29 is 33.0 Å². The third kappa shape index (κ3) is 3.66. The summed E-state index contributed by atoms with van der Waals surface area (Å²) in [5, 5.41) is 3.13. The fourth-order valence-electron chi connectivity index (χ4n) is 2.99. The quantitative estimate of drug-likeness (QED) is 0.523. The molecule has 10 heteroatoms. The van der Waals surface area contributed by atoms with Gasteiger partial charge in [-0.1, -0.05) is 0 Å². The van der Waals surface area contributed by atoms with Gasteiger partial charge in [-0.2, -0.15) is 5.01 Å². The number of hydrogen-bond acceptors (Lipinski definition) is 7. The third-order valence-corrected chi connectivity index (χ3v) is 4.54. The fourth-order valence-corrected chi connectivity index (χ4v) is 2.99. The molecule has 1 aromatic heterocycles. The number of imide groups is 1. The second kappa shape index (κ2) is 8.19. The van der Waals surface area contributed by atoms with Crippen molar-refractivity contribution in [1.29, 1.82) is 0 Å². The molecule has 0 bridgehead atoms. The minimum absolute atomic E-state index is 0.255. The average molecular weight is 415 g/mol. The Morgan fingerprint density at radius 1 is 1.17 bits per heavy atom. The normalized spacial score (nSPS) is 18.5. The van der Waals surface area contributed by atoms with Crippen molar-refractivity contribution in [3.8, 4) is 17.2 Å². The molecule has 4 amide bonds. The second-order valence-electron chi connectivity index (χ2n) is 6.44. The molecular formula is C20H21N3O7. The van der Waals surface area contributed by atoms with Gasteiger partial charge < -0.3 is 23.9 Å². The van der Waals surface area contributed by atoms with E-state index in [1.54, 1.807) is 24.3 Å². The number of hydrazine groups is 1. The summed E-state index contributed by atoms with van der Waals surface area (Å²) >= 11 is 0. The van der Waals surface area contributed by atoms with Crippen LogP contribution in [0.3, 0.4) is 0 Å². The Morgan fingerprint density at radius 2 is 1.83 bits per heavy atom. The first-order valence-corrected chi connectivity index (χ1v) is 8.83. The topological polar surface area (TPSA) is 119 Å². The van der Waals surface area contributed by atoms with Gasteiger partial charge in [0.25, 0.3) is 11.8 Å². The molecule has 3 rings (SSSR count). The first-order chi connectivity index (χ1) is 14.3. The van der Waals surface area contributed by atoms with Crippen LogP contribution in [0.15, 0.2) is 41.0 Å². The van der Waals surface area contributed by atoms with E-state index in [0.717, 1.165) is 0 Å². The van der Waals surface area contributed by atoms with E-state index in [-0.39, 0.29) is 5.76 Å². The summed E-state index contributed by atoms with van der Waals surface area (Å²) in [4.78, 5) is 37.2. The van der Waals surface area contributed by atoms with Crippen LogP contribution in [0.5, 0.6) is 17.2 Å². The molecule has 1 aromatic carbocycles. The summed E-state index contributed by atoms with van der Waals surface area (Å²) in [5.41, 5.74) is 1.44. The number of urea groups is 1. The number of nitrogens with zero attached hydrogens (tertiary/aromatic N) is 1. The minimum Gasteiger partial charge on any atom is -0.493 e. The highest BCUT2D eigenvalue weighted by atomic mass is 16.5. The van der Waals surface area contributed by atoms with Crippen LogP contribution >= 0.6 is 0 Å². The number of furan rings is 1. The van der Waals surface area contributed by atoms with Crippen molar-refractivity contribution in [3.63, 3.8) is 0 Å². The van der Waals surface area contributed by atoms with Gasteiger partial charge in [-0.15, -0.1) is 0 Å². The summed E-state index contributed by atoms with van der Waals surface area (Å²) in [6.45, 7) is 1.49. The second-order valence-corrected chi connectivity index (χ2v) is 6.44. The van der Waals surface area contributed by atoms with Gasteiger partial charge in [-0.05, 0) is 42.8 Å². The Balaban J connectivity index is 1.75. The first kappa shape index (κ1) is 20.8. The molecule has 0 spiro atoms. The Morgan fingerprint density at radius 3 is 2.37 bits per heavy atom. The van der Waals surface area contributed by atoms with E-state index in [2.05, 4.69) is 10.7 Å². The molecule has 2 aromatic rings. The lowest BCUT2D eigenvalue weighted by Crippen LogP contribution is -2.47. The molecule has 1 atom stereocenters. The van der Waals surface area contributed by atoms with E-state index < -0.39 is 23.4 Å². The minimum atomic E-state index is -1.41. The summed E-state index contributed by atoms with van der Waals surface area (Å²) in [7, 11) is 4.44. The van der Waals surface area contributed by atoms with Crippen LogP contribution in [-0.2, 0) is 15.1 Å². The van der Waals surface area contributed by atoms with Gasteiger partial charge in [0.1, 0.15) is 5.76 Å². The SMILES string of the molecule is COc1cc(C=CC(=O)NN2C(=O)NC(C)(c3ccco3)C2=O)cc(OC)c1OC. The first-order valence-electron chi connectivity index (χ1n) is 8.83. The standard InChI is InChI=1S/C20H21N3O7/c1-20(15-6-5-9-30-15)18(25)23(19(26)21-20)22-16(24)8-7-12-10-13(27-2)17(29-4)14(11-12)28-3/h5-11H,1-4H3,(H,21,26)(H,22,24). The molecule has 10 nitrogen and oxygen atoms in total. The average Bonchev–Trinajstić information content (AvgIpc) is 3.36. The van der Waals surface area contributed by atoms with Crippen molar-refractivity contribution in [2.45, 2.75) is 12.5 Å². The zero-order valence-electron chi connectivity index (χ0n) is 16.8. The van der Waals surface area contributed by atoms with Crippen LogP contribution in [0.25, 0.3) is 6.08 Å². The number of ether oxygens (including phenoxy) is 3. The maximum Gasteiger partial charge on any atom is 0.344 e. The molecule has 1 unspecified atom stereocenters. The molecule has 1 fully saturated rings. The highest BCUT2D eigenvalue weighted by molar-refractivity contribution is 6.08. The lowest BCUT2D eigenvalue weighted by molar-refractivity contribution is -0.137. The molecule has 0 radical (unpaired) electrons. The molecule has 30 heavy (non-hydrogen) atoms. The predicted molar refractivity (Wildman–Crippen MR) is 105 cm³/mol. The van der Waals surface area contributed by atoms with Crippen LogP contribution in [0.2, 0.25) is 0 Å². The highest BCUT2D eigenvalue weighted by Gasteiger charge is 2.51. The molecule has 0 saturated carbocycles. The smallest absolute Gasteiger partial charge is 0.344 e. The zero-order chi connectivity index (χ0) is 21.9. The maximum atomic E-state index is 12.7. The van der Waals surface area contributed by atoms with Gasteiger partial charge in [0.05, 0.1) is 27.6 Å². The Kier molecular flexibility index (Phi) is 5.67. The van der Waals surface area contributed by atoms with Crippen molar-refractivity contribution in [2.75, 3.05) is 21.3 Å². The molecule has 2 heterocycles. The van der Waals surface area contributed by atoms with E-state index in [1.165, 1.54) is 46.7 Å². The number of benzene rings is 1. The van der Waals surface area contributed by atoms with E-state index in [1.807, 2.05) is 0 Å². The monoisotopic (exact) mass is 415 g/mol. The van der Waals surface area contributed by atoms with Crippen molar-refractivity contribution in [1.82, 2.24) is 15.8 Å². The van der Waals surface area contributed by atoms with Crippen LogP contribution in [0, 0.1) is 0 Å². The summed E-state index contributed by atoms with van der Waals surface area (Å²) < 4.78 is 21.0. The van der Waals surface area contributed by atoms with Crippen LogP contribution in [0.1, 0.15) is 18.2 Å². The zero-order valence-corrected chi connectivity index (χ0v) is 16.8. The van der Waals surface area contributed by atoms with E-state index in [9.17, 15) is 14.4 Å². The van der Waals surface area contributed by atoms with Gasteiger partial charge in [0.2, 0.25) is 5.75 Å². The third-order valence-electron chi connectivity index (χ3n) is 4.54. The number of carbonyl (C=O) groups excluding carboxylic acids is 3. The Hall–Kier alpha value is -3.95. The van der Waals surface area contributed by atoms with E-state index in [4.69, 9.17) is 18.6 Å². The van der Waals surface area contributed by atoms with Gasteiger partial charge in [-0.25, -0.2) is 4.79 Å². The van der Waals surface area contributed by atoms with Gasteiger partial charge >= 0.3 is 6.03 Å². The highest BCUT2D eigenvalue weighted by Crippen LogP contribution is 2.38. The number of nitrogens with one attached hydrogen (secondary N) is 2. The summed E-state index contributed by atoms with van der Waals surface area (Å²) in [6, 6.07) is 5.68. The van der Waals surface area contributed by atoms with E-state index >= 15 is 0 Å². The lowest BCUT2D eigenvalue weighted by atomic mass is 10.00. The Labute approximate surface area is 172 Å². The van der Waals surface area contributed by atoms with E-state index in [0.29, 0.717) is 27.8 Å². The molecule has 1 saturated heterocycles. The molecular weight excluding hydrogens is 394 g/mol. The lowest BCUT2D eigenvalue weighted by Gasteiger charge is -2.18.